The van der Waals surface area contributed by atoms with E-state index in [2.05, 4.69) is 5.10 Å². The van der Waals surface area contributed by atoms with Gasteiger partial charge in [-0.05, 0) is 6.42 Å². The Balaban J connectivity index is 0.00000144. The molecule has 1 aliphatic heterocycles. The molecule has 0 spiro atoms. The third-order valence-electron chi connectivity index (χ3n) is 2.61. The molecule has 17 heavy (non-hydrogen) atoms. The Hall–Kier alpha value is -0.340. The number of hydrogen-bond donors (Lipinski definition) is 1. The fraction of sp³-hybridized carbons (Fsp3) is 0.625. The molecule has 0 aliphatic carbocycles. The van der Waals surface area contributed by atoms with Crippen LogP contribution in [-0.4, -0.2) is 41.6 Å². The highest BCUT2D eigenvalue weighted by Crippen LogP contribution is 2.25. The van der Waals surface area contributed by atoms with Crippen molar-refractivity contribution in [2.75, 3.05) is 13.1 Å². The minimum Gasteiger partial charge on any atom is -0.326 e. The van der Waals surface area contributed by atoms with Gasteiger partial charge in [0.2, 0.25) is 0 Å². The molecule has 0 saturated carbocycles. The molecule has 98 valence electrons. The minimum atomic E-state index is -3.57. The number of rotatable bonds is 2. The van der Waals surface area contributed by atoms with E-state index in [4.69, 9.17) is 17.3 Å². The first-order valence-corrected chi connectivity index (χ1v) is 6.68. The molecule has 2 N–H and O–H groups in total. The summed E-state index contributed by atoms with van der Waals surface area (Å²) in [5.41, 5.74) is 5.69. The second-order valence-electron chi connectivity index (χ2n) is 3.83. The summed E-state index contributed by atoms with van der Waals surface area (Å²) in [4.78, 5) is 0. The number of nitrogens with zero attached hydrogens (tertiary/aromatic N) is 3. The van der Waals surface area contributed by atoms with Gasteiger partial charge in [0.05, 0.1) is 11.2 Å². The summed E-state index contributed by atoms with van der Waals surface area (Å²) >= 11 is 5.82. The summed E-state index contributed by atoms with van der Waals surface area (Å²) in [6, 6.07) is -0.0956. The zero-order valence-electron chi connectivity index (χ0n) is 9.21. The lowest BCUT2D eigenvalue weighted by Gasteiger charge is -2.15. The molecule has 0 radical (unpaired) electrons. The number of hydrogen-bond acceptors (Lipinski definition) is 4. The van der Waals surface area contributed by atoms with Crippen LogP contribution in [0.3, 0.4) is 0 Å². The third kappa shape index (κ3) is 2.58. The second-order valence-corrected chi connectivity index (χ2v) is 6.09. The van der Waals surface area contributed by atoms with Crippen molar-refractivity contribution in [3.05, 3.63) is 11.2 Å². The van der Waals surface area contributed by atoms with E-state index in [0.717, 1.165) is 0 Å². The highest BCUT2D eigenvalue weighted by atomic mass is 35.5. The molecule has 1 aromatic rings. The molecular formula is C8H14Cl2N4O2S. The second kappa shape index (κ2) is 5.11. The quantitative estimate of drug-likeness (QED) is 0.847. The molecule has 1 aliphatic rings. The van der Waals surface area contributed by atoms with Crippen molar-refractivity contribution >= 4 is 34.0 Å². The van der Waals surface area contributed by atoms with E-state index in [9.17, 15) is 8.42 Å². The molecule has 0 aromatic carbocycles. The fourth-order valence-corrected chi connectivity index (χ4v) is 3.90. The van der Waals surface area contributed by atoms with Crippen molar-refractivity contribution in [1.82, 2.24) is 14.1 Å². The van der Waals surface area contributed by atoms with Crippen LogP contribution in [0.1, 0.15) is 6.42 Å². The number of sulfonamides is 1. The summed E-state index contributed by atoms with van der Waals surface area (Å²) < 4.78 is 27.0. The third-order valence-corrected chi connectivity index (χ3v) is 4.99. The molecule has 1 atom stereocenters. The Morgan fingerprint density at radius 2 is 2.24 bits per heavy atom. The van der Waals surface area contributed by atoms with E-state index in [1.165, 1.54) is 15.2 Å². The number of aryl methyl sites for hydroxylation is 1. The fourth-order valence-electron chi connectivity index (χ4n) is 1.78. The lowest BCUT2D eigenvalue weighted by Crippen LogP contribution is -2.33. The molecule has 1 saturated heterocycles. The van der Waals surface area contributed by atoms with E-state index in [0.29, 0.717) is 19.5 Å². The van der Waals surface area contributed by atoms with Gasteiger partial charge in [-0.15, -0.1) is 12.4 Å². The van der Waals surface area contributed by atoms with Crippen LogP contribution in [0.2, 0.25) is 5.02 Å². The van der Waals surface area contributed by atoms with Crippen LogP contribution in [0.15, 0.2) is 11.2 Å². The van der Waals surface area contributed by atoms with Gasteiger partial charge in [-0.3, -0.25) is 4.68 Å². The Labute approximate surface area is 111 Å². The minimum absolute atomic E-state index is 0. The monoisotopic (exact) mass is 300 g/mol. The summed E-state index contributed by atoms with van der Waals surface area (Å²) in [5.74, 6) is 0. The van der Waals surface area contributed by atoms with Crippen LogP contribution >= 0.6 is 24.0 Å². The van der Waals surface area contributed by atoms with Crippen LogP contribution in [0, 0.1) is 0 Å². The number of aromatic nitrogens is 2. The van der Waals surface area contributed by atoms with Crippen LogP contribution in [0.4, 0.5) is 0 Å². The van der Waals surface area contributed by atoms with E-state index < -0.39 is 10.0 Å². The van der Waals surface area contributed by atoms with Crippen LogP contribution < -0.4 is 5.73 Å². The predicted molar refractivity (Wildman–Crippen MR) is 66.8 cm³/mol. The Kier molecular flexibility index (Phi) is 4.43. The highest BCUT2D eigenvalue weighted by molar-refractivity contribution is 7.89. The topological polar surface area (TPSA) is 81.2 Å². The Morgan fingerprint density at radius 3 is 2.65 bits per heavy atom. The van der Waals surface area contributed by atoms with Gasteiger partial charge in [-0.2, -0.15) is 9.40 Å². The lowest BCUT2D eigenvalue weighted by molar-refractivity contribution is 0.463. The van der Waals surface area contributed by atoms with Crippen molar-refractivity contribution in [3.63, 3.8) is 0 Å². The molecule has 2 rings (SSSR count). The van der Waals surface area contributed by atoms with Gasteiger partial charge in [0.1, 0.15) is 0 Å². The predicted octanol–water partition coefficient (Wildman–Crippen LogP) is 0.217. The first-order chi connectivity index (χ1) is 7.43. The maximum absolute atomic E-state index is 12.2. The van der Waals surface area contributed by atoms with Gasteiger partial charge in [0.25, 0.3) is 10.0 Å². The maximum atomic E-state index is 12.2. The van der Waals surface area contributed by atoms with E-state index >= 15 is 0 Å². The summed E-state index contributed by atoms with van der Waals surface area (Å²) in [7, 11) is -2.02. The van der Waals surface area contributed by atoms with Crippen molar-refractivity contribution in [2.45, 2.75) is 17.5 Å². The maximum Gasteiger partial charge on any atom is 0.261 e. The first-order valence-electron chi connectivity index (χ1n) is 4.86. The molecule has 1 fully saturated rings. The Bertz CT molecular complexity index is 482. The van der Waals surface area contributed by atoms with E-state index in [-0.39, 0.29) is 28.5 Å². The van der Waals surface area contributed by atoms with Gasteiger partial charge >= 0.3 is 0 Å². The lowest BCUT2D eigenvalue weighted by atomic mass is 10.3. The van der Waals surface area contributed by atoms with Crippen molar-refractivity contribution in [3.8, 4) is 0 Å². The SMILES string of the molecule is Cl.Cn1ncc(Cl)c1S(=O)(=O)N1CCC(N)C1. The van der Waals surface area contributed by atoms with E-state index in [1.807, 2.05) is 0 Å². The number of nitrogens with two attached hydrogens (primary N) is 1. The van der Waals surface area contributed by atoms with Gasteiger partial charge in [0, 0.05) is 26.2 Å². The summed E-state index contributed by atoms with van der Waals surface area (Å²) in [5, 5.41) is 3.99. The van der Waals surface area contributed by atoms with Crippen LogP contribution in [-0.2, 0) is 17.1 Å². The molecule has 0 amide bonds. The zero-order valence-corrected chi connectivity index (χ0v) is 11.6. The van der Waals surface area contributed by atoms with Crippen molar-refractivity contribution < 1.29 is 8.42 Å². The Morgan fingerprint density at radius 1 is 1.59 bits per heavy atom. The van der Waals surface area contributed by atoms with Gasteiger partial charge < -0.3 is 5.73 Å². The molecule has 1 unspecified atom stereocenters. The van der Waals surface area contributed by atoms with Gasteiger partial charge in [-0.25, -0.2) is 8.42 Å². The smallest absolute Gasteiger partial charge is 0.261 e. The van der Waals surface area contributed by atoms with Crippen molar-refractivity contribution in [2.24, 2.45) is 12.8 Å². The average Bonchev–Trinajstić information content (AvgIpc) is 2.74. The van der Waals surface area contributed by atoms with Crippen LogP contribution in [0.5, 0.6) is 0 Å². The molecular weight excluding hydrogens is 287 g/mol. The van der Waals surface area contributed by atoms with Crippen LogP contribution in [0.25, 0.3) is 0 Å². The molecule has 6 nitrogen and oxygen atoms in total. The average molecular weight is 301 g/mol. The van der Waals surface area contributed by atoms with Gasteiger partial charge in [0.15, 0.2) is 5.03 Å². The molecule has 1 aromatic heterocycles. The largest absolute Gasteiger partial charge is 0.326 e. The zero-order chi connectivity index (χ0) is 11.9. The standard InChI is InChI=1S/C8H13ClN4O2S.ClH/c1-12-8(7(9)4-11-12)16(14,15)13-3-2-6(10)5-13;/h4,6H,2-3,5,10H2,1H3;1H. The molecule has 9 heteroatoms. The molecule has 2 heterocycles. The summed E-state index contributed by atoms with van der Waals surface area (Å²) in [6.45, 7) is 0.773. The van der Waals surface area contributed by atoms with E-state index in [1.54, 1.807) is 7.05 Å². The summed E-state index contributed by atoms with van der Waals surface area (Å²) in [6.07, 6.45) is 2.00. The normalized spacial score (nSPS) is 21.5. The highest BCUT2D eigenvalue weighted by Gasteiger charge is 2.34. The van der Waals surface area contributed by atoms with Crippen molar-refractivity contribution in [1.29, 1.82) is 0 Å². The molecule has 0 bridgehead atoms. The van der Waals surface area contributed by atoms with Gasteiger partial charge in [-0.1, -0.05) is 11.6 Å². The number of halogens is 2. The first kappa shape index (κ1) is 14.7.